The van der Waals surface area contributed by atoms with Gasteiger partial charge in [0.1, 0.15) is 5.60 Å². The van der Waals surface area contributed by atoms with Gasteiger partial charge in [-0.15, -0.1) is 0 Å². The lowest BCUT2D eigenvalue weighted by Gasteiger charge is -2.36. The Kier molecular flexibility index (Phi) is 5.76. The van der Waals surface area contributed by atoms with Crippen molar-refractivity contribution in [2.45, 2.75) is 45.8 Å². The van der Waals surface area contributed by atoms with Gasteiger partial charge in [0.05, 0.1) is 17.7 Å². The Bertz CT molecular complexity index is 1240. The van der Waals surface area contributed by atoms with Crippen LogP contribution in [-0.2, 0) is 11.2 Å². The first-order valence-corrected chi connectivity index (χ1v) is 11.0. The molecule has 3 aromatic rings. The van der Waals surface area contributed by atoms with Gasteiger partial charge in [-0.2, -0.15) is 5.26 Å². The normalized spacial score (nSPS) is 16.1. The molecular weight excluding hydrogens is 396 g/mol. The Balaban J connectivity index is 1.55. The average Bonchev–Trinajstić information content (AvgIpc) is 2.76. The fourth-order valence-electron chi connectivity index (χ4n) is 4.14. The Morgan fingerprint density at radius 2 is 1.69 bits per heavy atom. The zero-order valence-electron chi connectivity index (χ0n) is 19.1. The predicted octanol–water partition coefficient (Wildman–Crippen LogP) is 6.74. The molecule has 0 saturated heterocycles. The van der Waals surface area contributed by atoms with Crippen LogP contribution in [0.1, 0.15) is 61.6 Å². The molecule has 4 nitrogen and oxygen atoms in total. The minimum Gasteiger partial charge on any atom is -0.444 e. The second-order valence-electron chi connectivity index (χ2n) is 9.32. The van der Waals surface area contributed by atoms with Crippen LogP contribution in [0.5, 0.6) is 0 Å². The first kappa shape index (κ1) is 21.6. The molecular formula is C28H28N2O2. The van der Waals surface area contributed by atoms with Gasteiger partial charge in [0.25, 0.3) is 0 Å². The van der Waals surface area contributed by atoms with Crippen molar-refractivity contribution in [3.63, 3.8) is 0 Å². The van der Waals surface area contributed by atoms with E-state index in [1.54, 1.807) is 0 Å². The predicted molar refractivity (Wildman–Crippen MR) is 129 cm³/mol. The quantitative estimate of drug-likeness (QED) is 0.428. The van der Waals surface area contributed by atoms with Crippen LogP contribution < -0.4 is 0 Å². The van der Waals surface area contributed by atoms with Crippen LogP contribution in [0.3, 0.4) is 0 Å². The highest BCUT2D eigenvalue weighted by atomic mass is 16.6. The summed E-state index contributed by atoms with van der Waals surface area (Å²) in [6, 6.07) is 20.6. The summed E-state index contributed by atoms with van der Waals surface area (Å²) in [6.07, 6.45) is 4.77. The third-order valence-electron chi connectivity index (χ3n) is 5.80. The lowest BCUT2D eigenvalue weighted by Crippen LogP contribution is -2.42. The third kappa shape index (κ3) is 4.68. The van der Waals surface area contributed by atoms with Crippen molar-refractivity contribution in [3.8, 4) is 6.07 Å². The Morgan fingerprint density at radius 3 is 2.41 bits per heavy atom. The summed E-state index contributed by atoms with van der Waals surface area (Å²) in [5.74, 6) is 0. The van der Waals surface area contributed by atoms with Gasteiger partial charge in [0.2, 0.25) is 0 Å². The van der Waals surface area contributed by atoms with Crippen molar-refractivity contribution < 1.29 is 9.53 Å². The minimum atomic E-state index is -0.502. The maximum absolute atomic E-state index is 12.6. The van der Waals surface area contributed by atoms with Gasteiger partial charge < -0.3 is 9.64 Å². The van der Waals surface area contributed by atoms with Crippen LogP contribution in [-0.4, -0.2) is 23.1 Å². The largest absolute Gasteiger partial charge is 0.444 e. The first-order chi connectivity index (χ1) is 15.2. The maximum atomic E-state index is 12.6. The standard InChI is InChI=1S/C28H28N2O2/c1-19-26-17-21(7-10-23(26)13-14-30(19)27(31)32-28(2,3)4)6-5-20-8-11-25-16-22(18-29)9-12-24(25)15-20/h5-12,15-17,19H,13-14H2,1-4H3. The molecule has 1 unspecified atom stereocenters. The highest BCUT2D eigenvalue weighted by molar-refractivity contribution is 5.87. The number of rotatable bonds is 2. The maximum Gasteiger partial charge on any atom is 0.410 e. The van der Waals surface area contributed by atoms with Crippen molar-refractivity contribution in [3.05, 3.63) is 82.4 Å². The van der Waals surface area contributed by atoms with Gasteiger partial charge in [-0.25, -0.2) is 4.79 Å². The van der Waals surface area contributed by atoms with E-state index in [-0.39, 0.29) is 12.1 Å². The van der Waals surface area contributed by atoms with E-state index in [0.29, 0.717) is 12.1 Å². The third-order valence-corrected chi connectivity index (χ3v) is 5.80. The van der Waals surface area contributed by atoms with E-state index in [1.165, 1.54) is 11.1 Å². The number of benzene rings is 3. The molecule has 0 aliphatic carbocycles. The highest BCUT2D eigenvalue weighted by Crippen LogP contribution is 2.32. The number of hydrogen-bond donors (Lipinski definition) is 0. The molecule has 0 N–H and O–H groups in total. The zero-order valence-corrected chi connectivity index (χ0v) is 19.1. The summed E-state index contributed by atoms with van der Waals surface area (Å²) >= 11 is 0. The molecule has 4 heteroatoms. The molecule has 1 atom stereocenters. The van der Waals surface area contributed by atoms with Crippen molar-refractivity contribution in [2.75, 3.05) is 6.54 Å². The van der Waals surface area contributed by atoms with Crippen LogP contribution in [0.25, 0.3) is 22.9 Å². The molecule has 1 aliphatic rings. The second kappa shape index (κ2) is 8.51. The topological polar surface area (TPSA) is 53.3 Å². The molecule has 1 aliphatic heterocycles. The van der Waals surface area contributed by atoms with Crippen LogP contribution in [0, 0.1) is 11.3 Å². The molecule has 162 valence electrons. The Morgan fingerprint density at radius 1 is 1.03 bits per heavy atom. The molecule has 0 radical (unpaired) electrons. The molecule has 0 fully saturated rings. The Labute approximate surface area is 189 Å². The van der Waals surface area contributed by atoms with Crippen molar-refractivity contribution in [1.82, 2.24) is 4.90 Å². The summed E-state index contributed by atoms with van der Waals surface area (Å²) in [7, 11) is 0. The Hall–Kier alpha value is -3.58. The number of hydrogen-bond acceptors (Lipinski definition) is 3. The second-order valence-corrected chi connectivity index (χ2v) is 9.32. The van der Waals surface area contributed by atoms with Gasteiger partial charge in [0.15, 0.2) is 0 Å². The van der Waals surface area contributed by atoms with Crippen LogP contribution in [0.15, 0.2) is 54.6 Å². The van der Waals surface area contributed by atoms with Gasteiger partial charge >= 0.3 is 6.09 Å². The van der Waals surface area contributed by atoms with Gasteiger partial charge in [-0.05, 0) is 91.4 Å². The van der Waals surface area contributed by atoms with Crippen molar-refractivity contribution in [2.24, 2.45) is 0 Å². The summed E-state index contributed by atoms with van der Waals surface area (Å²) in [5.41, 5.74) is 4.83. The van der Waals surface area contributed by atoms with E-state index in [4.69, 9.17) is 10.00 Å². The fraction of sp³-hybridized carbons (Fsp3) is 0.286. The molecule has 4 rings (SSSR count). The zero-order chi connectivity index (χ0) is 22.9. The molecule has 3 aromatic carbocycles. The van der Waals surface area contributed by atoms with Gasteiger partial charge in [-0.3, -0.25) is 0 Å². The summed E-state index contributed by atoms with van der Waals surface area (Å²) in [5, 5.41) is 11.2. The van der Waals surface area contributed by atoms with Gasteiger partial charge in [0, 0.05) is 6.54 Å². The molecule has 0 aromatic heterocycles. The number of fused-ring (bicyclic) bond motifs is 2. The number of nitrogens with zero attached hydrogens (tertiary/aromatic N) is 2. The number of ether oxygens (including phenoxy) is 1. The lowest BCUT2D eigenvalue weighted by molar-refractivity contribution is 0.0159. The SMILES string of the molecule is CC1c2cc(C=Cc3ccc4cc(C#N)ccc4c3)ccc2CCN1C(=O)OC(C)(C)C. The lowest BCUT2D eigenvalue weighted by atomic mass is 9.92. The minimum absolute atomic E-state index is 0.0306. The van der Waals surface area contributed by atoms with Crippen LogP contribution >= 0.6 is 0 Å². The van der Waals surface area contributed by atoms with Crippen LogP contribution in [0.2, 0.25) is 0 Å². The highest BCUT2D eigenvalue weighted by Gasteiger charge is 2.30. The molecule has 0 saturated carbocycles. The van der Waals surface area contributed by atoms with E-state index < -0.39 is 5.60 Å². The average molecular weight is 425 g/mol. The number of carbonyl (C=O) groups excluding carboxylic acids is 1. The van der Waals surface area contributed by atoms with E-state index >= 15 is 0 Å². The fourth-order valence-corrected chi connectivity index (χ4v) is 4.14. The van der Waals surface area contributed by atoms with E-state index in [1.807, 2.05) is 49.9 Å². The molecule has 1 amide bonds. The molecule has 0 bridgehead atoms. The van der Waals surface area contributed by atoms with Crippen molar-refractivity contribution >= 4 is 29.0 Å². The first-order valence-electron chi connectivity index (χ1n) is 11.0. The monoisotopic (exact) mass is 424 g/mol. The number of nitriles is 1. The van der Waals surface area contributed by atoms with Crippen LogP contribution in [0.4, 0.5) is 4.79 Å². The summed E-state index contributed by atoms with van der Waals surface area (Å²) in [6.45, 7) is 8.42. The number of carbonyl (C=O) groups is 1. The van der Waals surface area contributed by atoms with E-state index in [2.05, 4.69) is 55.5 Å². The summed E-state index contributed by atoms with van der Waals surface area (Å²) in [4.78, 5) is 14.5. The van der Waals surface area contributed by atoms with E-state index in [0.717, 1.165) is 28.3 Å². The van der Waals surface area contributed by atoms with E-state index in [9.17, 15) is 4.79 Å². The smallest absolute Gasteiger partial charge is 0.410 e. The molecule has 32 heavy (non-hydrogen) atoms. The van der Waals surface area contributed by atoms with Crippen molar-refractivity contribution in [1.29, 1.82) is 5.26 Å². The summed E-state index contributed by atoms with van der Waals surface area (Å²) < 4.78 is 5.60. The molecule has 0 spiro atoms. The van der Waals surface area contributed by atoms with Gasteiger partial charge in [-0.1, -0.05) is 42.5 Å². The molecule has 1 heterocycles. The number of amides is 1.